The van der Waals surface area contributed by atoms with Crippen LogP contribution in [0.4, 0.5) is 9.59 Å². The fraction of sp³-hybridized carbons (Fsp3) is 0.643. The van der Waals surface area contributed by atoms with Crippen LogP contribution in [0, 0.1) is 5.41 Å². The molecule has 1 saturated carbocycles. The van der Waals surface area contributed by atoms with E-state index in [0.717, 1.165) is 36.8 Å². The zero-order chi connectivity index (χ0) is 28.6. The second-order valence-electron chi connectivity index (χ2n) is 11.8. The number of amides is 3. The highest BCUT2D eigenvalue weighted by molar-refractivity contribution is 5.91. The Balaban J connectivity index is 1.25. The minimum atomic E-state index is -0.972. The first-order valence-corrected chi connectivity index (χ1v) is 13.8. The molecule has 3 atom stereocenters. The summed E-state index contributed by atoms with van der Waals surface area (Å²) in [7, 11) is 1.24. The van der Waals surface area contributed by atoms with Gasteiger partial charge in [0, 0.05) is 18.5 Å². The van der Waals surface area contributed by atoms with Gasteiger partial charge in [-0.15, -0.1) is 0 Å². The first kappa shape index (κ1) is 27.9. The second kappa shape index (κ2) is 11.1. The van der Waals surface area contributed by atoms with E-state index in [0.29, 0.717) is 24.6 Å². The lowest BCUT2D eigenvalue weighted by atomic mass is 9.85. The maximum atomic E-state index is 13.8. The maximum absolute atomic E-state index is 13.8. The number of nitrogens with zero attached hydrogens (tertiary/aromatic N) is 2. The largest absolute Gasteiger partial charge is 0.467 e. The molecular formula is C28H37N3O9. The third-order valence-corrected chi connectivity index (χ3v) is 7.95. The number of hydrogen-bond acceptors (Lipinski definition) is 9. The van der Waals surface area contributed by atoms with Crippen LogP contribution in [0.5, 0.6) is 11.5 Å². The van der Waals surface area contributed by atoms with Crippen molar-refractivity contribution in [1.29, 1.82) is 0 Å². The van der Waals surface area contributed by atoms with Gasteiger partial charge in [-0.3, -0.25) is 9.69 Å². The number of nitrogens with one attached hydrogen (secondary N) is 1. The Labute approximate surface area is 233 Å². The molecule has 1 N–H and O–H groups in total. The molecule has 0 spiro atoms. The molecule has 218 valence electrons. The van der Waals surface area contributed by atoms with Gasteiger partial charge in [0.05, 0.1) is 20.2 Å². The van der Waals surface area contributed by atoms with Gasteiger partial charge in [-0.05, 0) is 42.7 Å². The number of likely N-dealkylation sites (tertiary alicyclic amines) is 1. The lowest BCUT2D eigenvalue weighted by molar-refractivity contribution is -0.152. The predicted molar refractivity (Wildman–Crippen MR) is 139 cm³/mol. The number of fused-ring (bicyclic) bond motifs is 3. The van der Waals surface area contributed by atoms with Gasteiger partial charge in [0.25, 0.3) is 0 Å². The van der Waals surface area contributed by atoms with Crippen molar-refractivity contribution in [2.75, 3.05) is 20.4 Å². The Hall–Kier alpha value is -3.70. The third-order valence-electron chi connectivity index (χ3n) is 7.95. The van der Waals surface area contributed by atoms with Crippen LogP contribution in [0.3, 0.4) is 0 Å². The second-order valence-corrected chi connectivity index (χ2v) is 11.8. The minimum Gasteiger partial charge on any atom is -0.467 e. The number of rotatable bonds is 5. The average Bonchev–Trinajstić information content (AvgIpc) is 3.70. The van der Waals surface area contributed by atoms with Crippen LogP contribution in [0.15, 0.2) is 12.1 Å². The summed E-state index contributed by atoms with van der Waals surface area (Å²) in [5.74, 6) is 0.206. The minimum absolute atomic E-state index is 0.0105. The van der Waals surface area contributed by atoms with E-state index in [1.54, 1.807) is 4.90 Å². The summed E-state index contributed by atoms with van der Waals surface area (Å²) >= 11 is 0. The molecule has 3 amide bonds. The Morgan fingerprint density at radius 1 is 1.02 bits per heavy atom. The molecule has 12 nitrogen and oxygen atoms in total. The van der Waals surface area contributed by atoms with Gasteiger partial charge in [0.15, 0.2) is 11.5 Å². The first-order valence-electron chi connectivity index (χ1n) is 13.8. The van der Waals surface area contributed by atoms with E-state index < -0.39 is 47.7 Å². The Kier molecular flexibility index (Phi) is 7.70. The molecule has 12 heteroatoms. The van der Waals surface area contributed by atoms with Gasteiger partial charge in [-0.25, -0.2) is 14.4 Å². The molecule has 3 heterocycles. The number of alkyl carbamates (subject to hydrolysis) is 1. The Morgan fingerprint density at radius 3 is 2.48 bits per heavy atom. The summed E-state index contributed by atoms with van der Waals surface area (Å²) in [5, 5.41) is 2.73. The van der Waals surface area contributed by atoms with E-state index in [4.69, 9.17) is 23.7 Å². The van der Waals surface area contributed by atoms with E-state index in [2.05, 4.69) is 5.32 Å². The van der Waals surface area contributed by atoms with E-state index >= 15 is 0 Å². The van der Waals surface area contributed by atoms with Crippen LogP contribution < -0.4 is 14.8 Å². The Morgan fingerprint density at radius 2 is 1.77 bits per heavy atom. The predicted octanol–water partition coefficient (Wildman–Crippen LogP) is 3.09. The van der Waals surface area contributed by atoms with Gasteiger partial charge in [0.2, 0.25) is 12.7 Å². The zero-order valence-electron chi connectivity index (χ0n) is 23.4. The quantitative estimate of drug-likeness (QED) is 0.427. The van der Waals surface area contributed by atoms with Crippen LogP contribution in [-0.2, 0) is 36.9 Å². The molecule has 0 aromatic heterocycles. The molecule has 5 rings (SSSR count). The van der Waals surface area contributed by atoms with Crippen molar-refractivity contribution >= 4 is 24.1 Å². The van der Waals surface area contributed by atoms with Gasteiger partial charge in [0.1, 0.15) is 24.3 Å². The van der Waals surface area contributed by atoms with Crippen molar-refractivity contribution < 1.29 is 42.9 Å². The fourth-order valence-electron chi connectivity index (χ4n) is 5.80. The summed E-state index contributed by atoms with van der Waals surface area (Å²) in [6.45, 7) is 6.24. The maximum Gasteiger partial charge on any atom is 0.410 e. The van der Waals surface area contributed by atoms with Crippen LogP contribution in [0.1, 0.15) is 64.0 Å². The molecule has 40 heavy (non-hydrogen) atoms. The lowest BCUT2D eigenvalue weighted by Crippen LogP contribution is -2.57. The summed E-state index contributed by atoms with van der Waals surface area (Å²) in [6.07, 6.45) is 1.58. The highest BCUT2D eigenvalue weighted by atomic mass is 16.7. The van der Waals surface area contributed by atoms with Gasteiger partial charge >= 0.3 is 18.2 Å². The SMILES string of the molecule is COC(=O)[C@@H]1C[C@@H](OC(=O)N2Cc3ccc4c(c3C2)OCO4)CN1C(=O)[C@@H](NC(=O)OC1CCCC1)C(C)(C)C. The fourth-order valence-corrected chi connectivity index (χ4v) is 5.80. The zero-order valence-corrected chi connectivity index (χ0v) is 23.4. The summed E-state index contributed by atoms with van der Waals surface area (Å²) < 4.78 is 27.3. The summed E-state index contributed by atoms with van der Waals surface area (Å²) in [5.41, 5.74) is 1.14. The normalized spacial score (nSPS) is 22.6. The number of esters is 1. The molecule has 0 radical (unpaired) electrons. The van der Waals surface area contributed by atoms with Crippen LogP contribution in [-0.4, -0.2) is 78.6 Å². The molecule has 0 bridgehead atoms. The number of benzene rings is 1. The number of carbonyl (C=O) groups is 4. The molecule has 4 aliphatic rings. The van der Waals surface area contributed by atoms with Crippen LogP contribution in [0.2, 0.25) is 0 Å². The smallest absolute Gasteiger partial charge is 0.410 e. The van der Waals surface area contributed by atoms with Crippen molar-refractivity contribution in [3.05, 3.63) is 23.3 Å². The van der Waals surface area contributed by atoms with Crippen LogP contribution >= 0.6 is 0 Å². The van der Waals surface area contributed by atoms with Crippen LogP contribution in [0.25, 0.3) is 0 Å². The van der Waals surface area contributed by atoms with Crippen molar-refractivity contribution in [3.63, 3.8) is 0 Å². The third kappa shape index (κ3) is 5.62. The standard InChI is InChI=1S/C28H37N3O9/c1-28(2,3)23(29-26(34)39-17-7-5-6-8-17)24(32)31-13-18(11-20(31)25(33)36-4)40-27(35)30-12-16-9-10-21-22(19(16)14-30)38-15-37-21/h9-10,17-18,20,23H,5-8,11-15H2,1-4H3,(H,29,34)/t18-,20+,23-/m1/s1. The molecule has 1 aliphatic carbocycles. The highest BCUT2D eigenvalue weighted by Crippen LogP contribution is 2.41. The van der Waals surface area contributed by atoms with E-state index in [1.807, 2.05) is 32.9 Å². The molecule has 2 fully saturated rings. The van der Waals surface area contributed by atoms with Gasteiger partial charge in [-0.2, -0.15) is 0 Å². The topological polar surface area (TPSA) is 133 Å². The van der Waals surface area contributed by atoms with E-state index in [9.17, 15) is 19.2 Å². The van der Waals surface area contributed by atoms with Crippen molar-refractivity contribution in [1.82, 2.24) is 15.1 Å². The number of ether oxygens (including phenoxy) is 5. The summed E-state index contributed by atoms with van der Waals surface area (Å²) in [4.78, 5) is 55.2. The molecule has 0 unspecified atom stereocenters. The number of methoxy groups -OCH3 is 1. The highest BCUT2D eigenvalue weighted by Gasteiger charge is 2.47. The number of carbonyl (C=O) groups excluding carboxylic acids is 4. The lowest BCUT2D eigenvalue weighted by Gasteiger charge is -2.34. The Bertz CT molecular complexity index is 1170. The first-order chi connectivity index (χ1) is 19.0. The van der Waals surface area contributed by atoms with Crippen molar-refractivity contribution in [2.45, 2.75) is 90.3 Å². The molecular weight excluding hydrogens is 522 g/mol. The molecule has 1 aromatic carbocycles. The molecule has 3 aliphatic heterocycles. The summed E-state index contributed by atoms with van der Waals surface area (Å²) in [6, 6.07) is 1.79. The van der Waals surface area contributed by atoms with Gasteiger partial charge in [-0.1, -0.05) is 26.8 Å². The van der Waals surface area contributed by atoms with E-state index in [1.165, 1.54) is 12.0 Å². The van der Waals surface area contributed by atoms with Gasteiger partial charge < -0.3 is 33.9 Å². The molecule has 1 aromatic rings. The van der Waals surface area contributed by atoms with Crippen molar-refractivity contribution in [3.8, 4) is 11.5 Å². The van der Waals surface area contributed by atoms with Crippen molar-refractivity contribution in [2.24, 2.45) is 5.41 Å². The van der Waals surface area contributed by atoms with E-state index in [-0.39, 0.29) is 25.9 Å². The number of hydrogen-bond donors (Lipinski definition) is 1. The molecule has 1 saturated heterocycles. The monoisotopic (exact) mass is 559 g/mol. The average molecular weight is 560 g/mol.